The third-order valence-corrected chi connectivity index (χ3v) is 7.46. The number of aliphatic hydroxyl groups is 1. The van der Waals surface area contributed by atoms with Gasteiger partial charge in [0.05, 0.1) is 25.5 Å². The second-order valence-electron chi connectivity index (χ2n) is 11.9. The highest BCUT2D eigenvalue weighted by Gasteiger charge is 2.30. The lowest BCUT2D eigenvalue weighted by atomic mass is 9.93. The maximum absolute atomic E-state index is 13.0. The van der Waals surface area contributed by atoms with Gasteiger partial charge in [-0.05, 0) is 67.5 Å². The molecule has 0 spiro atoms. The van der Waals surface area contributed by atoms with Crippen molar-refractivity contribution in [2.45, 2.75) is 59.1 Å². The standard InChI is InChI=1S/C32H40ClN3O6S/c1-21(2)17-26-18-24(11-13-27(26)30(38)35-43(6,40)41)23-9-7-22(8-10-23)15-16-42-31(39)36(32(3,4)5)20-28(37)25-12-14-29(33)34-19-25/h7-14,18-19,21,28,37H,15-17,20H2,1-6H3,(H,35,38)/t28-/m0/s1. The number of sulfonamides is 1. The van der Waals surface area contributed by atoms with Crippen LogP contribution in [0.4, 0.5) is 4.79 Å². The predicted octanol–water partition coefficient (Wildman–Crippen LogP) is 5.80. The van der Waals surface area contributed by atoms with Crippen LogP contribution in [0.25, 0.3) is 11.1 Å². The molecule has 0 saturated heterocycles. The quantitative estimate of drug-likeness (QED) is 0.257. The molecule has 0 aliphatic carbocycles. The average molecular weight is 630 g/mol. The van der Waals surface area contributed by atoms with Crippen molar-refractivity contribution in [1.82, 2.24) is 14.6 Å². The topological polar surface area (TPSA) is 126 Å². The Morgan fingerprint density at radius 3 is 2.26 bits per heavy atom. The number of aliphatic hydroxyl groups excluding tert-OH is 1. The first-order chi connectivity index (χ1) is 20.0. The average Bonchev–Trinajstić information content (AvgIpc) is 2.90. The van der Waals surface area contributed by atoms with Crippen molar-refractivity contribution in [3.8, 4) is 11.1 Å². The van der Waals surface area contributed by atoms with Gasteiger partial charge in [0.1, 0.15) is 5.15 Å². The maximum atomic E-state index is 13.0. The number of carbonyl (C=O) groups is 2. The van der Waals surface area contributed by atoms with Crippen LogP contribution in [0.5, 0.6) is 0 Å². The van der Waals surface area contributed by atoms with Crippen LogP contribution in [0, 0.1) is 5.92 Å². The summed E-state index contributed by atoms with van der Waals surface area (Å²) >= 11 is 5.84. The Hall–Kier alpha value is -3.47. The lowest BCUT2D eigenvalue weighted by Gasteiger charge is -2.36. The molecule has 11 heteroatoms. The molecule has 2 N–H and O–H groups in total. The molecule has 9 nitrogen and oxygen atoms in total. The number of carbonyl (C=O) groups excluding carboxylic acids is 2. The summed E-state index contributed by atoms with van der Waals surface area (Å²) in [5.74, 6) is -0.381. The molecule has 0 radical (unpaired) electrons. The van der Waals surface area contributed by atoms with E-state index in [0.717, 1.165) is 28.5 Å². The highest BCUT2D eigenvalue weighted by molar-refractivity contribution is 7.89. The number of rotatable bonds is 11. The van der Waals surface area contributed by atoms with Crippen molar-refractivity contribution >= 4 is 33.6 Å². The summed E-state index contributed by atoms with van der Waals surface area (Å²) in [4.78, 5) is 31.1. The van der Waals surface area contributed by atoms with E-state index in [9.17, 15) is 23.1 Å². The SMILES string of the molecule is CC(C)Cc1cc(-c2ccc(CCOC(=O)N(C[C@H](O)c3ccc(Cl)nc3)C(C)(C)C)cc2)ccc1C(=O)NS(C)(=O)=O. The van der Waals surface area contributed by atoms with Crippen molar-refractivity contribution in [2.24, 2.45) is 5.92 Å². The van der Waals surface area contributed by atoms with E-state index in [0.29, 0.717) is 29.1 Å². The fraction of sp³-hybridized carbons (Fsp3) is 0.406. The molecule has 1 heterocycles. The van der Waals surface area contributed by atoms with Gasteiger partial charge in [0.25, 0.3) is 5.91 Å². The number of β-amino-alcohol motifs (C(OH)–C–C–N with tert-alkyl or cyclic N) is 1. The van der Waals surface area contributed by atoms with Crippen molar-refractivity contribution < 1.29 is 27.9 Å². The molecular weight excluding hydrogens is 590 g/mol. The number of hydrogen-bond acceptors (Lipinski definition) is 7. The summed E-state index contributed by atoms with van der Waals surface area (Å²) in [5.41, 5.74) is 3.88. The van der Waals surface area contributed by atoms with Gasteiger partial charge >= 0.3 is 6.09 Å². The first-order valence-corrected chi connectivity index (χ1v) is 16.3. The molecule has 0 aliphatic heterocycles. The highest BCUT2D eigenvalue weighted by Crippen LogP contribution is 2.26. The zero-order valence-electron chi connectivity index (χ0n) is 25.4. The number of nitrogens with one attached hydrogen (secondary N) is 1. The van der Waals surface area contributed by atoms with Crippen molar-refractivity contribution in [2.75, 3.05) is 19.4 Å². The molecule has 1 atom stereocenters. The van der Waals surface area contributed by atoms with Gasteiger partial charge in [-0.1, -0.05) is 67.9 Å². The molecule has 2 aromatic carbocycles. The number of ether oxygens (including phenoxy) is 1. The van der Waals surface area contributed by atoms with Crippen LogP contribution in [0.1, 0.15) is 67.8 Å². The number of hydrogen-bond donors (Lipinski definition) is 2. The van der Waals surface area contributed by atoms with Crippen LogP contribution in [0.2, 0.25) is 5.15 Å². The summed E-state index contributed by atoms with van der Waals surface area (Å²) in [7, 11) is -3.68. The largest absolute Gasteiger partial charge is 0.449 e. The van der Waals surface area contributed by atoms with Gasteiger partial charge in [0.15, 0.2) is 0 Å². The zero-order valence-corrected chi connectivity index (χ0v) is 27.0. The van der Waals surface area contributed by atoms with Gasteiger partial charge in [-0.25, -0.2) is 22.9 Å². The molecule has 0 fully saturated rings. The normalized spacial score (nSPS) is 12.6. The lowest BCUT2D eigenvalue weighted by molar-refractivity contribution is 0.0367. The molecule has 0 saturated carbocycles. The zero-order chi connectivity index (χ0) is 31.9. The van der Waals surface area contributed by atoms with E-state index in [-0.39, 0.29) is 19.1 Å². The van der Waals surface area contributed by atoms with E-state index in [4.69, 9.17) is 16.3 Å². The van der Waals surface area contributed by atoms with Crippen molar-refractivity contribution in [1.29, 1.82) is 0 Å². The monoisotopic (exact) mass is 629 g/mol. The van der Waals surface area contributed by atoms with Crippen molar-refractivity contribution in [3.63, 3.8) is 0 Å². The summed E-state index contributed by atoms with van der Waals surface area (Å²) in [6, 6.07) is 16.5. The van der Waals surface area contributed by atoms with Gasteiger partial charge in [-0.2, -0.15) is 0 Å². The minimum Gasteiger partial charge on any atom is -0.449 e. The maximum Gasteiger partial charge on any atom is 0.410 e. The summed E-state index contributed by atoms with van der Waals surface area (Å²) < 4.78 is 30.8. The molecule has 0 bridgehead atoms. The molecule has 1 aromatic heterocycles. The van der Waals surface area contributed by atoms with E-state index in [1.807, 2.05) is 65.0 Å². The molecule has 0 unspecified atom stereocenters. The Balaban J connectivity index is 1.65. The van der Waals surface area contributed by atoms with Crippen LogP contribution < -0.4 is 4.72 Å². The minimum absolute atomic E-state index is 0.0356. The van der Waals surface area contributed by atoms with Crippen LogP contribution in [0.3, 0.4) is 0 Å². The fourth-order valence-corrected chi connectivity index (χ4v) is 5.07. The molecule has 0 aliphatic rings. The third-order valence-electron chi connectivity index (χ3n) is 6.68. The Bertz CT molecular complexity index is 1520. The minimum atomic E-state index is -3.68. The molecule has 232 valence electrons. The van der Waals surface area contributed by atoms with Gasteiger partial charge in [0, 0.05) is 29.3 Å². The molecule has 3 aromatic rings. The lowest BCUT2D eigenvalue weighted by Crippen LogP contribution is -2.48. The number of benzene rings is 2. The predicted molar refractivity (Wildman–Crippen MR) is 168 cm³/mol. The molecule has 3 rings (SSSR count). The van der Waals surface area contributed by atoms with E-state index in [2.05, 4.69) is 9.71 Å². The molecule has 43 heavy (non-hydrogen) atoms. The highest BCUT2D eigenvalue weighted by atomic mass is 35.5. The Morgan fingerprint density at radius 2 is 1.70 bits per heavy atom. The summed E-state index contributed by atoms with van der Waals surface area (Å²) in [6.45, 7) is 9.88. The van der Waals surface area contributed by atoms with E-state index in [1.165, 1.54) is 11.1 Å². The van der Waals surface area contributed by atoms with E-state index < -0.39 is 33.7 Å². The third kappa shape index (κ3) is 10.3. The Kier molecular flexibility index (Phi) is 11.3. The Morgan fingerprint density at radius 1 is 1.05 bits per heavy atom. The Labute approximate surface area is 259 Å². The van der Waals surface area contributed by atoms with Crippen LogP contribution in [0.15, 0.2) is 60.8 Å². The molecular formula is C32H40ClN3O6S. The number of nitrogens with zero attached hydrogens (tertiary/aromatic N) is 2. The van der Waals surface area contributed by atoms with E-state index >= 15 is 0 Å². The smallest absolute Gasteiger partial charge is 0.410 e. The van der Waals surface area contributed by atoms with Gasteiger partial charge < -0.3 is 14.7 Å². The van der Waals surface area contributed by atoms with E-state index in [1.54, 1.807) is 24.3 Å². The number of halogens is 1. The van der Waals surface area contributed by atoms with Gasteiger partial charge in [-0.3, -0.25) is 4.79 Å². The second-order valence-corrected chi connectivity index (χ2v) is 14.1. The number of pyridine rings is 1. The van der Waals surface area contributed by atoms with Crippen LogP contribution in [-0.2, 0) is 27.6 Å². The second kappa shape index (κ2) is 14.3. The van der Waals surface area contributed by atoms with Gasteiger partial charge in [0.2, 0.25) is 10.0 Å². The number of aromatic nitrogens is 1. The first-order valence-electron chi connectivity index (χ1n) is 14.0. The van der Waals surface area contributed by atoms with Crippen LogP contribution in [-0.4, -0.2) is 60.4 Å². The van der Waals surface area contributed by atoms with Gasteiger partial charge in [-0.15, -0.1) is 0 Å². The summed E-state index contributed by atoms with van der Waals surface area (Å²) in [5, 5.41) is 11.0. The van der Waals surface area contributed by atoms with Crippen LogP contribution >= 0.6 is 11.6 Å². The fourth-order valence-electron chi connectivity index (χ4n) is 4.51. The summed E-state index contributed by atoms with van der Waals surface area (Å²) in [6.07, 6.45) is 2.07. The van der Waals surface area contributed by atoms with Crippen molar-refractivity contribution in [3.05, 3.63) is 88.2 Å². The first kappa shape index (κ1) is 34.0. The molecule has 2 amide bonds. The number of amides is 2.